The minimum Gasteiger partial charge on any atom is -0.275 e. The van der Waals surface area contributed by atoms with Gasteiger partial charge in [0.2, 0.25) is 10.0 Å². The number of amides is 1. The van der Waals surface area contributed by atoms with Gasteiger partial charge in [0.25, 0.3) is 5.91 Å². The highest BCUT2D eigenvalue weighted by Crippen LogP contribution is 2.24. The van der Waals surface area contributed by atoms with Gasteiger partial charge in [-0.3, -0.25) is 9.48 Å². The number of rotatable bonds is 3. The molecule has 1 N–H and O–H groups in total. The van der Waals surface area contributed by atoms with E-state index in [4.69, 9.17) is 0 Å². The van der Waals surface area contributed by atoms with Gasteiger partial charge in [0.1, 0.15) is 9.88 Å². The summed E-state index contributed by atoms with van der Waals surface area (Å²) in [5, 5.41) is 4.61. The highest BCUT2D eigenvalue weighted by atomic mass is 32.2. The molecule has 0 aliphatic rings. The number of hydrogen-bond acceptors (Lipinski definition) is 6. The number of hydrogen-bond donors (Lipinski definition) is 1. The molecule has 0 aromatic carbocycles. The summed E-state index contributed by atoms with van der Waals surface area (Å²) in [6, 6.07) is 0. The van der Waals surface area contributed by atoms with Crippen molar-refractivity contribution in [2.45, 2.75) is 0 Å². The molecule has 18 heavy (non-hydrogen) atoms. The normalized spacial score (nSPS) is 11.4. The van der Waals surface area contributed by atoms with Crippen molar-refractivity contribution < 1.29 is 13.2 Å². The van der Waals surface area contributed by atoms with Crippen molar-refractivity contribution in [2.75, 3.05) is 6.26 Å². The summed E-state index contributed by atoms with van der Waals surface area (Å²) in [5.74, 6) is -0.676. The third-order valence-corrected chi connectivity index (χ3v) is 3.56. The fourth-order valence-corrected chi connectivity index (χ4v) is 2.56. The van der Waals surface area contributed by atoms with E-state index in [1.54, 1.807) is 24.1 Å². The van der Waals surface area contributed by atoms with Crippen molar-refractivity contribution in [2.24, 2.45) is 7.05 Å². The molecule has 2 aromatic heterocycles. The Hall–Kier alpha value is -1.74. The van der Waals surface area contributed by atoms with Crippen molar-refractivity contribution in [3.63, 3.8) is 0 Å². The predicted molar refractivity (Wildman–Crippen MR) is 66.6 cm³/mol. The standard InChI is InChI=1S/C9H10N4O3S2/c1-13-5-6(3-11-13)9-10-4-7(17-9)8(14)12-18(2,15)16/h3-5H,1-2H3,(H,12,14). The summed E-state index contributed by atoms with van der Waals surface area (Å²) in [6.07, 6.45) is 5.65. The molecule has 1 amide bonds. The molecule has 0 bridgehead atoms. The zero-order valence-electron chi connectivity index (χ0n) is 9.61. The van der Waals surface area contributed by atoms with Gasteiger partial charge in [-0.25, -0.2) is 18.1 Å². The summed E-state index contributed by atoms with van der Waals surface area (Å²) in [6.45, 7) is 0. The van der Waals surface area contributed by atoms with E-state index in [1.807, 2.05) is 4.72 Å². The van der Waals surface area contributed by atoms with Gasteiger partial charge < -0.3 is 0 Å². The van der Waals surface area contributed by atoms with E-state index >= 15 is 0 Å². The van der Waals surface area contributed by atoms with Crippen LogP contribution in [-0.4, -0.2) is 35.3 Å². The van der Waals surface area contributed by atoms with Crippen molar-refractivity contribution in [3.8, 4) is 10.6 Å². The van der Waals surface area contributed by atoms with Crippen LogP contribution >= 0.6 is 11.3 Å². The molecule has 2 heterocycles. The van der Waals surface area contributed by atoms with E-state index in [0.717, 1.165) is 23.2 Å². The lowest BCUT2D eigenvalue weighted by molar-refractivity contribution is 0.0985. The monoisotopic (exact) mass is 286 g/mol. The average molecular weight is 286 g/mol. The molecule has 0 unspecified atom stereocenters. The van der Waals surface area contributed by atoms with Crippen LogP contribution in [0.5, 0.6) is 0 Å². The maximum absolute atomic E-state index is 11.6. The predicted octanol–water partition coefficient (Wildman–Crippen LogP) is 0.233. The second-order valence-electron chi connectivity index (χ2n) is 3.64. The molecule has 0 aliphatic heterocycles. The zero-order valence-corrected chi connectivity index (χ0v) is 11.2. The molecule has 2 rings (SSSR count). The van der Waals surface area contributed by atoms with E-state index in [9.17, 15) is 13.2 Å². The fraction of sp³-hybridized carbons (Fsp3) is 0.222. The molecular formula is C9H10N4O3S2. The minimum absolute atomic E-state index is 0.235. The van der Waals surface area contributed by atoms with Crippen LogP contribution in [0.3, 0.4) is 0 Å². The highest BCUT2D eigenvalue weighted by Gasteiger charge is 2.15. The topological polar surface area (TPSA) is 94.0 Å². The van der Waals surface area contributed by atoms with Crippen LogP contribution in [0.25, 0.3) is 10.6 Å². The Morgan fingerprint density at radius 2 is 2.17 bits per heavy atom. The van der Waals surface area contributed by atoms with Crippen LogP contribution in [-0.2, 0) is 17.1 Å². The summed E-state index contributed by atoms with van der Waals surface area (Å²) < 4.78 is 25.4. The number of carbonyl (C=O) groups excluding carboxylic acids is 1. The molecular weight excluding hydrogens is 276 g/mol. The lowest BCUT2D eigenvalue weighted by atomic mass is 10.4. The molecule has 0 aliphatic carbocycles. The number of carbonyl (C=O) groups is 1. The third-order valence-electron chi connectivity index (χ3n) is 1.96. The first-order valence-electron chi connectivity index (χ1n) is 4.82. The SMILES string of the molecule is Cn1cc(-c2ncc(C(=O)NS(C)(=O)=O)s2)cn1. The largest absolute Gasteiger partial charge is 0.276 e. The average Bonchev–Trinajstić information content (AvgIpc) is 2.82. The fourth-order valence-electron chi connectivity index (χ4n) is 1.26. The lowest BCUT2D eigenvalue weighted by Crippen LogP contribution is -2.28. The van der Waals surface area contributed by atoms with Crippen molar-refractivity contribution >= 4 is 27.3 Å². The van der Waals surface area contributed by atoms with E-state index in [-0.39, 0.29) is 4.88 Å². The van der Waals surface area contributed by atoms with Crippen LogP contribution in [0.1, 0.15) is 9.67 Å². The van der Waals surface area contributed by atoms with Gasteiger partial charge in [0.15, 0.2) is 0 Å². The van der Waals surface area contributed by atoms with Crippen molar-refractivity contribution in [3.05, 3.63) is 23.5 Å². The number of nitrogens with zero attached hydrogens (tertiary/aromatic N) is 3. The molecule has 0 saturated heterocycles. The molecule has 0 spiro atoms. The lowest BCUT2D eigenvalue weighted by Gasteiger charge is -1.97. The first kappa shape index (κ1) is 12.7. The second kappa shape index (κ2) is 4.50. The summed E-state index contributed by atoms with van der Waals surface area (Å²) >= 11 is 1.11. The van der Waals surface area contributed by atoms with Gasteiger partial charge in [-0.1, -0.05) is 0 Å². The highest BCUT2D eigenvalue weighted by molar-refractivity contribution is 7.89. The Balaban J connectivity index is 2.23. The number of thiazole rings is 1. The van der Waals surface area contributed by atoms with E-state index in [0.29, 0.717) is 5.01 Å². The number of nitrogens with one attached hydrogen (secondary N) is 1. The van der Waals surface area contributed by atoms with Gasteiger partial charge >= 0.3 is 0 Å². The zero-order chi connectivity index (χ0) is 13.3. The second-order valence-corrected chi connectivity index (χ2v) is 6.41. The Kier molecular flexibility index (Phi) is 3.18. The quantitative estimate of drug-likeness (QED) is 0.872. The molecule has 96 valence electrons. The van der Waals surface area contributed by atoms with Crippen molar-refractivity contribution in [1.82, 2.24) is 19.5 Å². The Morgan fingerprint density at radius 1 is 1.44 bits per heavy atom. The van der Waals surface area contributed by atoms with Crippen LogP contribution in [0.4, 0.5) is 0 Å². The molecule has 9 heteroatoms. The minimum atomic E-state index is -3.56. The summed E-state index contributed by atoms with van der Waals surface area (Å²) in [7, 11) is -1.79. The molecule has 0 saturated carbocycles. The van der Waals surface area contributed by atoms with Gasteiger partial charge in [0, 0.05) is 18.8 Å². The summed E-state index contributed by atoms with van der Waals surface area (Å²) in [4.78, 5) is 15.9. The number of sulfonamides is 1. The molecule has 2 aromatic rings. The third kappa shape index (κ3) is 2.93. The van der Waals surface area contributed by atoms with E-state index in [1.165, 1.54) is 6.20 Å². The number of aromatic nitrogens is 3. The van der Waals surface area contributed by atoms with Gasteiger partial charge in [-0.2, -0.15) is 5.10 Å². The maximum Gasteiger partial charge on any atom is 0.276 e. The van der Waals surface area contributed by atoms with Crippen molar-refractivity contribution in [1.29, 1.82) is 0 Å². The van der Waals surface area contributed by atoms with Crippen LogP contribution in [0.15, 0.2) is 18.6 Å². The Bertz CT molecular complexity index is 686. The first-order valence-corrected chi connectivity index (χ1v) is 7.53. The van der Waals surface area contributed by atoms with Gasteiger partial charge in [0.05, 0.1) is 18.6 Å². The smallest absolute Gasteiger partial charge is 0.275 e. The van der Waals surface area contributed by atoms with Crippen LogP contribution in [0.2, 0.25) is 0 Å². The van der Waals surface area contributed by atoms with Gasteiger partial charge in [-0.05, 0) is 0 Å². The van der Waals surface area contributed by atoms with Crippen LogP contribution < -0.4 is 4.72 Å². The van der Waals surface area contributed by atoms with E-state index < -0.39 is 15.9 Å². The van der Waals surface area contributed by atoms with Gasteiger partial charge in [-0.15, -0.1) is 11.3 Å². The Morgan fingerprint density at radius 3 is 2.72 bits per heavy atom. The van der Waals surface area contributed by atoms with E-state index in [2.05, 4.69) is 10.1 Å². The van der Waals surface area contributed by atoms with Crippen LogP contribution in [0, 0.1) is 0 Å². The molecule has 0 atom stereocenters. The number of aryl methyl sites for hydroxylation is 1. The summed E-state index contributed by atoms with van der Waals surface area (Å²) in [5.41, 5.74) is 0.779. The Labute approximate surface area is 108 Å². The molecule has 0 radical (unpaired) electrons. The molecule has 7 nitrogen and oxygen atoms in total. The first-order chi connectivity index (χ1) is 8.35. The maximum atomic E-state index is 11.6. The molecule has 0 fully saturated rings.